The van der Waals surface area contributed by atoms with Crippen LogP contribution in [0, 0.1) is 11.8 Å². The fourth-order valence-electron chi connectivity index (χ4n) is 2.65. The van der Waals surface area contributed by atoms with Crippen molar-refractivity contribution in [1.29, 1.82) is 0 Å². The van der Waals surface area contributed by atoms with E-state index < -0.39 is 0 Å². The molecule has 2 rings (SSSR count). The summed E-state index contributed by atoms with van der Waals surface area (Å²) in [6.07, 6.45) is 5.24. The normalized spacial score (nSPS) is 20.5. The molecule has 1 aliphatic rings. The third kappa shape index (κ3) is 3.48. The molecule has 1 unspecified atom stereocenters. The highest BCUT2D eigenvalue weighted by Gasteiger charge is 2.21. The summed E-state index contributed by atoms with van der Waals surface area (Å²) in [5.41, 5.74) is 2.47. The molecule has 1 fully saturated rings. The number of aromatic nitrogens is 2. The van der Waals surface area contributed by atoms with Crippen LogP contribution in [0.15, 0.2) is 6.20 Å². The number of hydrogen-bond donors (Lipinski definition) is 2. The zero-order valence-corrected chi connectivity index (χ0v) is 12.3. The SMILES string of the molecule is CC(C)C1CCCN(c2nc(NN)ncc2Cl)CC1. The zero-order valence-electron chi connectivity index (χ0n) is 11.6. The summed E-state index contributed by atoms with van der Waals surface area (Å²) >= 11 is 6.20. The molecule has 1 aromatic rings. The lowest BCUT2D eigenvalue weighted by Gasteiger charge is -2.23. The summed E-state index contributed by atoms with van der Waals surface area (Å²) in [6, 6.07) is 0. The second-order valence-electron chi connectivity index (χ2n) is 5.43. The number of halogens is 1. The maximum atomic E-state index is 6.20. The average molecular weight is 284 g/mol. The number of hydrazine groups is 1. The Kier molecular flexibility index (Phi) is 4.82. The second kappa shape index (κ2) is 6.39. The zero-order chi connectivity index (χ0) is 13.8. The monoisotopic (exact) mass is 283 g/mol. The van der Waals surface area contributed by atoms with Crippen LogP contribution in [0.2, 0.25) is 5.02 Å². The van der Waals surface area contributed by atoms with E-state index in [4.69, 9.17) is 17.4 Å². The topological polar surface area (TPSA) is 67.1 Å². The van der Waals surface area contributed by atoms with Gasteiger partial charge in [-0.2, -0.15) is 4.98 Å². The number of nitrogens with two attached hydrogens (primary N) is 1. The van der Waals surface area contributed by atoms with Gasteiger partial charge in [-0.05, 0) is 31.1 Å². The van der Waals surface area contributed by atoms with Crippen molar-refractivity contribution in [2.45, 2.75) is 33.1 Å². The van der Waals surface area contributed by atoms with Gasteiger partial charge in [0, 0.05) is 13.1 Å². The molecule has 0 bridgehead atoms. The van der Waals surface area contributed by atoms with Gasteiger partial charge in [0.1, 0.15) is 5.02 Å². The van der Waals surface area contributed by atoms with Crippen molar-refractivity contribution in [3.05, 3.63) is 11.2 Å². The van der Waals surface area contributed by atoms with Crippen molar-refractivity contribution in [2.75, 3.05) is 23.4 Å². The van der Waals surface area contributed by atoms with Crippen molar-refractivity contribution in [2.24, 2.45) is 17.7 Å². The predicted molar refractivity (Wildman–Crippen MR) is 79.2 cm³/mol. The Morgan fingerprint density at radius 3 is 2.89 bits per heavy atom. The number of anilines is 2. The molecule has 1 aliphatic heterocycles. The molecule has 0 radical (unpaired) electrons. The molecule has 6 heteroatoms. The molecule has 106 valence electrons. The third-order valence-electron chi connectivity index (χ3n) is 3.87. The van der Waals surface area contributed by atoms with Gasteiger partial charge in [-0.1, -0.05) is 25.4 Å². The molecular weight excluding hydrogens is 262 g/mol. The van der Waals surface area contributed by atoms with Crippen molar-refractivity contribution < 1.29 is 0 Å². The van der Waals surface area contributed by atoms with Crippen LogP contribution < -0.4 is 16.2 Å². The van der Waals surface area contributed by atoms with E-state index in [1.54, 1.807) is 6.20 Å². The highest BCUT2D eigenvalue weighted by molar-refractivity contribution is 6.32. The molecule has 2 heterocycles. The van der Waals surface area contributed by atoms with E-state index in [0.29, 0.717) is 11.0 Å². The van der Waals surface area contributed by atoms with Gasteiger partial charge in [-0.25, -0.2) is 10.8 Å². The summed E-state index contributed by atoms with van der Waals surface area (Å²) in [5, 5.41) is 0.585. The first kappa shape index (κ1) is 14.3. The molecule has 1 saturated heterocycles. The maximum Gasteiger partial charge on any atom is 0.239 e. The van der Waals surface area contributed by atoms with Gasteiger partial charge in [0.2, 0.25) is 5.95 Å². The lowest BCUT2D eigenvalue weighted by Crippen LogP contribution is -2.26. The molecule has 1 aromatic heterocycles. The molecule has 0 amide bonds. The quantitative estimate of drug-likeness (QED) is 0.659. The van der Waals surface area contributed by atoms with E-state index in [2.05, 4.69) is 34.1 Å². The summed E-state index contributed by atoms with van der Waals surface area (Å²) in [7, 11) is 0. The van der Waals surface area contributed by atoms with Crippen LogP contribution in [0.3, 0.4) is 0 Å². The molecular formula is C13H22ClN5. The van der Waals surface area contributed by atoms with E-state index in [-0.39, 0.29) is 0 Å². The van der Waals surface area contributed by atoms with Crippen molar-refractivity contribution in [3.8, 4) is 0 Å². The molecule has 5 nitrogen and oxygen atoms in total. The van der Waals surface area contributed by atoms with E-state index >= 15 is 0 Å². The van der Waals surface area contributed by atoms with Crippen LogP contribution >= 0.6 is 11.6 Å². The molecule has 0 spiro atoms. The minimum Gasteiger partial charge on any atom is -0.355 e. The molecule has 0 saturated carbocycles. The largest absolute Gasteiger partial charge is 0.355 e. The van der Waals surface area contributed by atoms with E-state index in [0.717, 1.165) is 30.7 Å². The van der Waals surface area contributed by atoms with Gasteiger partial charge >= 0.3 is 0 Å². The molecule has 0 aliphatic carbocycles. The Morgan fingerprint density at radius 2 is 2.21 bits per heavy atom. The fraction of sp³-hybridized carbons (Fsp3) is 0.692. The predicted octanol–water partition coefficient (Wildman–Crippen LogP) is 2.68. The maximum absolute atomic E-state index is 6.20. The van der Waals surface area contributed by atoms with Crippen molar-refractivity contribution in [1.82, 2.24) is 9.97 Å². The fourth-order valence-corrected chi connectivity index (χ4v) is 2.86. The van der Waals surface area contributed by atoms with Crippen LogP contribution in [0.4, 0.5) is 11.8 Å². The average Bonchev–Trinajstić information content (AvgIpc) is 2.65. The standard InChI is InChI=1S/C13H22ClN5/c1-9(2)10-4-3-6-19(7-5-10)12-11(14)8-16-13(17-12)18-15/h8-10H,3-7,15H2,1-2H3,(H,16,17,18). The minimum absolute atomic E-state index is 0.407. The lowest BCUT2D eigenvalue weighted by atomic mass is 9.89. The summed E-state index contributed by atoms with van der Waals surface area (Å²) < 4.78 is 0. The van der Waals surface area contributed by atoms with Gasteiger partial charge in [0.15, 0.2) is 5.82 Å². The summed E-state index contributed by atoms with van der Waals surface area (Å²) in [4.78, 5) is 10.6. The summed E-state index contributed by atoms with van der Waals surface area (Å²) in [6.45, 7) is 6.58. The first-order chi connectivity index (χ1) is 9.11. The molecule has 0 aromatic carbocycles. The minimum atomic E-state index is 0.407. The Labute approximate surface area is 119 Å². The van der Waals surface area contributed by atoms with Gasteiger partial charge in [-0.15, -0.1) is 0 Å². The Hall–Kier alpha value is -1.07. The number of rotatable bonds is 3. The van der Waals surface area contributed by atoms with Crippen LogP contribution in [-0.2, 0) is 0 Å². The van der Waals surface area contributed by atoms with Crippen LogP contribution in [0.25, 0.3) is 0 Å². The highest BCUT2D eigenvalue weighted by Crippen LogP contribution is 2.29. The highest BCUT2D eigenvalue weighted by atomic mass is 35.5. The van der Waals surface area contributed by atoms with Gasteiger partial charge in [0.25, 0.3) is 0 Å². The number of nitrogens with one attached hydrogen (secondary N) is 1. The molecule has 19 heavy (non-hydrogen) atoms. The number of nitrogen functional groups attached to an aromatic ring is 1. The van der Waals surface area contributed by atoms with E-state index in [9.17, 15) is 0 Å². The van der Waals surface area contributed by atoms with Gasteiger partial charge in [0.05, 0.1) is 6.20 Å². The molecule has 3 N–H and O–H groups in total. The number of hydrogen-bond acceptors (Lipinski definition) is 5. The van der Waals surface area contributed by atoms with Crippen molar-refractivity contribution >= 4 is 23.4 Å². The van der Waals surface area contributed by atoms with Crippen LogP contribution in [0.1, 0.15) is 33.1 Å². The Morgan fingerprint density at radius 1 is 1.42 bits per heavy atom. The van der Waals surface area contributed by atoms with Crippen LogP contribution in [-0.4, -0.2) is 23.1 Å². The van der Waals surface area contributed by atoms with Gasteiger partial charge in [-0.3, -0.25) is 5.43 Å². The first-order valence-electron chi connectivity index (χ1n) is 6.86. The number of nitrogens with zero attached hydrogens (tertiary/aromatic N) is 3. The smallest absolute Gasteiger partial charge is 0.239 e. The first-order valence-corrected chi connectivity index (χ1v) is 7.23. The Bertz CT molecular complexity index is 423. The van der Waals surface area contributed by atoms with E-state index in [1.807, 2.05) is 0 Å². The second-order valence-corrected chi connectivity index (χ2v) is 5.84. The molecule has 1 atom stereocenters. The van der Waals surface area contributed by atoms with Gasteiger partial charge < -0.3 is 4.90 Å². The Balaban J connectivity index is 2.13. The third-order valence-corrected chi connectivity index (χ3v) is 4.14. The van der Waals surface area contributed by atoms with Crippen LogP contribution in [0.5, 0.6) is 0 Å². The van der Waals surface area contributed by atoms with E-state index in [1.165, 1.54) is 19.3 Å². The summed E-state index contributed by atoms with van der Waals surface area (Å²) in [5.74, 6) is 8.07. The lowest BCUT2D eigenvalue weighted by molar-refractivity contribution is 0.351. The van der Waals surface area contributed by atoms with Crippen molar-refractivity contribution in [3.63, 3.8) is 0 Å².